The fraction of sp³-hybridized carbons (Fsp3) is 0.294. The first kappa shape index (κ1) is 16.8. The second-order valence-corrected chi connectivity index (χ2v) is 8.44. The molecule has 2 aromatic heterocycles. The van der Waals surface area contributed by atoms with Crippen LogP contribution in [0.2, 0.25) is 0 Å². The van der Waals surface area contributed by atoms with Gasteiger partial charge in [-0.25, -0.2) is 4.68 Å². The van der Waals surface area contributed by atoms with Gasteiger partial charge < -0.3 is 9.15 Å². The summed E-state index contributed by atoms with van der Waals surface area (Å²) < 4.78 is 12.5. The maximum absolute atomic E-state index is 12.4. The summed E-state index contributed by atoms with van der Waals surface area (Å²) in [5.74, 6) is -0.0241. The third-order valence-electron chi connectivity index (χ3n) is 4.72. The Kier molecular flexibility index (Phi) is 3.99. The number of nitrogens with zero attached hydrogens (tertiary/aromatic N) is 5. The zero-order valence-electron chi connectivity index (χ0n) is 14.5. The minimum absolute atomic E-state index is 0.0237. The average molecular weight is 401 g/mol. The average Bonchev–Trinajstić information content (AvgIpc) is 3.30. The molecule has 0 N–H and O–H groups in total. The van der Waals surface area contributed by atoms with Gasteiger partial charge in [0.2, 0.25) is 5.16 Å². The Morgan fingerprint density at radius 1 is 1.26 bits per heavy atom. The maximum Gasteiger partial charge on any atom is 0.260 e. The molecule has 0 radical (unpaired) electrons. The van der Waals surface area contributed by atoms with E-state index in [2.05, 4.69) is 27.7 Å². The van der Waals surface area contributed by atoms with Gasteiger partial charge in [-0.05, 0) is 33.8 Å². The van der Waals surface area contributed by atoms with Crippen molar-refractivity contribution in [2.75, 3.05) is 12.0 Å². The molecule has 2 aliphatic heterocycles. The van der Waals surface area contributed by atoms with E-state index in [4.69, 9.17) is 9.15 Å². The van der Waals surface area contributed by atoms with Gasteiger partial charge in [-0.15, -0.1) is 16.9 Å². The summed E-state index contributed by atoms with van der Waals surface area (Å²) in [7, 11) is 3.39. The van der Waals surface area contributed by atoms with E-state index in [9.17, 15) is 4.79 Å². The monoisotopic (exact) mass is 401 g/mol. The molecule has 1 fully saturated rings. The predicted octanol–water partition coefficient (Wildman–Crippen LogP) is 2.48. The first-order valence-electron chi connectivity index (χ1n) is 8.25. The van der Waals surface area contributed by atoms with E-state index >= 15 is 0 Å². The van der Waals surface area contributed by atoms with Gasteiger partial charge in [-0.1, -0.05) is 18.2 Å². The second-order valence-electron chi connectivity index (χ2n) is 6.21. The zero-order chi connectivity index (χ0) is 18.5. The Morgan fingerprint density at radius 3 is 2.89 bits per heavy atom. The summed E-state index contributed by atoms with van der Waals surface area (Å²) in [6.45, 7) is 0. The van der Waals surface area contributed by atoms with Crippen molar-refractivity contribution in [3.8, 4) is 0 Å². The fourth-order valence-corrected chi connectivity index (χ4v) is 6.02. The predicted molar refractivity (Wildman–Crippen MR) is 99.6 cm³/mol. The lowest BCUT2D eigenvalue weighted by atomic mass is 10.0. The molecule has 1 amide bonds. The summed E-state index contributed by atoms with van der Waals surface area (Å²) in [6.07, 6.45) is 2.94. The number of carbonyl (C=O) groups excluding carboxylic acids is 1. The number of anilines is 1. The molecule has 3 aromatic rings. The number of aryl methyl sites for hydroxylation is 1. The van der Waals surface area contributed by atoms with Gasteiger partial charge in [0.05, 0.1) is 17.2 Å². The standard InChI is InChI=1S/C17H15N5O3S2/c1-21-17(18-19-20-21)26-12-6-4-3-5-9(12)14-10-7-25-8-11(10)22-15(23)13(24-2)16(22)27-14/h3-8,13-14,16H,1-2H3/t13?,14?,16-/m0/s1. The number of ether oxygens (including phenoxy) is 1. The van der Waals surface area contributed by atoms with Crippen molar-refractivity contribution in [3.05, 3.63) is 47.9 Å². The molecule has 4 heterocycles. The van der Waals surface area contributed by atoms with Crippen LogP contribution >= 0.6 is 23.5 Å². The molecule has 138 valence electrons. The van der Waals surface area contributed by atoms with Crippen LogP contribution in [-0.2, 0) is 16.6 Å². The molecule has 0 bridgehead atoms. The smallest absolute Gasteiger partial charge is 0.260 e. The van der Waals surface area contributed by atoms with Crippen molar-refractivity contribution in [1.29, 1.82) is 0 Å². The summed E-state index contributed by atoms with van der Waals surface area (Å²) in [5.41, 5.74) is 2.94. The summed E-state index contributed by atoms with van der Waals surface area (Å²) in [5, 5.41) is 12.4. The molecule has 2 aliphatic rings. The molecule has 1 saturated heterocycles. The lowest BCUT2D eigenvalue weighted by Crippen LogP contribution is -2.65. The number of hydrogen-bond acceptors (Lipinski definition) is 8. The minimum atomic E-state index is -0.427. The number of β-lactam (4-membered cyclic amide) rings is 1. The molecule has 2 unspecified atom stereocenters. The van der Waals surface area contributed by atoms with Crippen molar-refractivity contribution in [2.24, 2.45) is 7.05 Å². The van der Waals surface area contributed by atoms with Crippen molar-refractivity contribution in [3.63, 3.8) is 0 Å². The van der Waals surface area contributed by atoms with Crippen LogP contribution in [0.5, 0.6) is 0 Å². The molecule has 10 heteroatoms. The Bertz CT molecular complexity index is 1020. The first-order chi connectivity index (χ1) is 13.2. The van der Waals surface area contributed by atoms with Crippen LogP contribution in [0.15, 0.2) is 51.3 Å². The second kappa shape index (κ2) is 6.39. The van der Waals surface area contributed by atoms with Crippen LogP contribution in [0.4, 0.5) is 5.69 Å². The number of tetrazole rings is 1. The van der Waals surface area contributed by atoms with Crippen molar-refractivity contribution < 1.29 is 13.9 Å². The Morgan fingerprint density at radius 2 is 2.11 bits per heavy atom. The molecule has 0 aliphatic carbocycles. The number of carbonyl (C=O) groups is 1. The Balaban J connectivity index is 1.56. The number of methoxy groups -OCH3 is 1. The van der Waals surface area contributed by atoms with Gasteiger partial charge in [0.25, 0.3) is 5.91 Å². The zero-order valence-corrected chi connectivity index (χ0v) is 16.1. The largest absolute Gasteiger partial charge is 0.470 e. The lowest BCUT2D eigenvalue weighted by Gasteiger charge is -2.49. The van der Waals surface area contributed by atoms with E-state index in [1.165, 1.54) is 11.8 Å². The molecule has 0 saturated carbocycles. The fourth-order valence-electron chi connectivity index (χ4n) is 3.38. The summed E-state index contributed by atoms with van der Waals surface area (Å²) >= 11 is 3.21. The van der Waals surface area contributed by atoms with Crippen molar-refractivity contribution >= 4 is 35.1 Å². The highest BCUT2D eigenvalue weighted by atomic mass is 32.2. The Labute approximate surface area is 163 Å². The van der Waals surface area contributed by atoms with E-state index in [0.717, 1.165) is 21.7 Å². The topological polar surface area (TPSA) is 86.3 Å². The number of hydrogen-bond donors (Lipinski definition) is 0. The molecule has 0 spiro atoms. The van der Waals surface area contributed by atoms with Gasteiger partial charge in [0.1, 0.15) is 11.6 Å². The van der Waals surface area contributed by atoms with Gasteiger partial charge in [-0.2, -0.15) is 0 Å². The highest BCUT2D eigenvalue weighted by molar-refractivity contribution is 8.01. The number of furan rings is 1. The minimum Gasteiger partial charge on any atom is -0.470 e. The molecular formula is C17H15N5O3S2. The van der Waals surface area contributed by atoms with Crippen LogP contribution in [0.1, 0.15) is 16.4 Å². The number of aromatic nitrogens is 4. The quantitative estimate of drug-likeness (QED) is 0.617. The van der Waals surface area contributed by atoms with Gasteiger partial charge in [0, 0.05) is 24.6 Å². The van der Waals surface area contributed by atoms with Crippen molar-refractivity contribution in [2.45, 2.75) is 26.8 Å². The molecule has 3 atom stereocenters. The highest BCUT2D eigenvalue weighted by Crippen LogP contribution is 2.55. The maximum atomic E-state index is 12.4. The summed E-state index contributed by atoms with van der Waals surface area (Å²) in [6, 6.07) is 8.16. The SMILES string of the molecule is COC1C(=O)N2c3cocc3C(c3ccccc3Sc3nnnn3C)S[C@@H]12. The van der Waals surface area contributed by atoms with E-state index in [1.807, 2.05) is 19.2 Å². The normalized spacial score (nSPS) is 23.7. The highest BCUT2D eigenvalue weighted by Gasteiger charge is 2.54. The van der Waals surface area contributed by atoms with E-state index < -0.39 is 6.10 Å². The van der Waals surface area contributed by atoms with Crippen molar-refractivity contribution in [1.82, 2.24) is 20.2 Å². The third-order valence-corrected chi connectivity index (χ3v) is 7.36. The Hall–Kier alpha value is -2.30. The van der Waals surface area contributed by atoms with E-state index in [1.54, 1.807) is 41.0 Å². The first-order valence-corrected chi connectivity index (χ1v) is 10.0. The van der Waals surface area contributed by atoms with Crippen LogP contribution < -0.4 is 4.90 Å². The molecule has 1 aromatic carbocycles. The molecular weight excluding hydrogens is 386 g/mol. The van der Waals surface area contributed by atoms with Gasteiger partial charge in [-0.3, -0.25) is 9.69 Å². The van der Waals surface area contributed by atoms with Crippen LogP contribution in [0.3, 0.4) is 0 Å². The van der Waals surface area contributed by atoms with E-state index in [-0.39, 0.29) is 16.5 Å². The number of thioether (sulfide) groups is 1. The summed E-state index contributed by atoms with van der Waals surface area (Å²) in [4.78, 5) is 15.2. The number of rotatable bonds is 4. The number of fused-ring (bicyclic) bond motifs is 3. The van der Waals surface area contributed by atoms with Crippen LogP contribution in [0, 0.1) is 0 Å². The van der Waals surface area contributed by atoms with Gasteiger partial charge >= 0.3 is 0 Å². The van der Waals surface area contributed by atoms with Crippen LogP contribution in [0.25, 0.3) is 0 Å². The lowest BCUT2D eigenvalue weighted by molar-refractivity contribution is -0.136. The van der Waals surface area contributed by atoms with Gasteiger partial charge in [0.15, 0.2) is 6.10 Å². The number of amides is 1. The van der Waals surface area contributed by atoms with E-state index in [0.29, 0.717) is 5.16 Å². The molecule has 8 nitrogen and oxygen atoms in total. The molecule has 5 rings (SSSR count). The molecule has 27 heavy (non-hydrogen) atoms. The number of benzene rings is 1. The van der Waals surface area contributed by atoms with Crippen LogP contribution in [-0.4, -0.2) is 44.7 Å². The third kappa shape index (κ3) is 2.51.